The van der Waals surface area contributed by atoms with Crippen molar-refractivity contribution in [2.75, 3.05) is 13.7 Å². The van der Waals surface area contributed by atoms with Gasteiger partial charge in [-0.05, 0) is 31.6 Å². The van der Waals surface area contributed by atoms with Crippen LogP contribution in [-0.2, 0) is 9.53 Å². The molecule has 82 valence electrons. The van der Waals surface area contributed by atoms with Crippen LogP contribution in [0.3, 0.4) is 0 Å². The van der Waals surface area contributed by atoms with Gasteiger partial charge in [0, 0.05) is 13.0 Å². The third-order valence-electron chi connectivity index (χ3n) is 3.29. The second-order valence-electron chi connectivity index (χ2n) is 4.41. The molecule has 0 radical (unpaired) electrons. The molecule has 0 heterocycles. The summed E-state index contributed by atoms with van der Waals surface area (Å²) in [6.45, 7) is 2.55. The van der Waals surface area contributed by atoms with Crippen molar-refractivity contribution in [3.63, 3.8) is 0 Å². The van der Waals surface area contributed by atoms with E-state index in [0.717, 1.165) is 18.8 Å². The minimum Gasteiger partial charge on any atom is -0.377 e. The summed E-state index contributed by atoms with van der Waals surface area (Å²) < 4.78 is 4.88. The Hall–Kier alpha value is -0.370. The molecule has 0 bridgehead atoms. The molecule has 14 heavy (non-hydrogen) atoms. The highest BCUT2D eigenvalue weighted by Crippen LogP contribution is 2.31. The van der Waals surface area contributed by atoms with Crippen LogP contribution in [0.4, 0.5) is 0 Å². The molecule has 1 rings (SSSR count). The molecule has 2 heteroatoms. The largest absolute Gasteiger partial charge is 0.377 e. The van der Waals surface area contributed by atoms with Crippen molar-refractivity contribution in [1.29, 1.82) is 0 Å². The minimum atomic E-state index is 0.294. The van der Waals surface area contributed by atoms with E-state index < -0.39 is 0 Å². The second kappa shape index (κ2) is 6.18. The first-order valence-corrected chi connectivity index (χ1v) is 5.79. The van der Waals surface area contributed by atoms with E-state index in [1.54, 1.807) is 7.11 Å². The third kappa shape index (κ3) is 3.41. The van der Waals surface area contributed by atoms with Crippen molar-refractivity contribution in [1.82, 2.24) is 0 Å². The average Bonchev–Trinajstić information content (AvgIpc) is 2.20. The number of Topliss-reactive ketones (excluding diaryl/α,β-unsaturated/α-hetero) is 1. The van der Waals surface area contributed by atoms with Crippen molar-refractivity contribution >= 4 is 5.78 Å². The van der Waals surface area contributed by atoms with Crippen LogP contribution in [0.2, 0.25) is 0 Å². The number of hydrogen-bond donors (Lipinski definition) is 0. The molecule has 0 unspecified atom stereocenters. The summed E-state index contributed by atoms with van der Waals surface area (Å²) in [5.74, 6) is 1.48. The van der Waals surface area contributed by atoms with Crippen molar-refractivity contribution in [2.24, 2.45) is 11.8 Å². The van der Waals surface area contributed by atoms with E-state index in [1.165, 1.54) is 25.7 Å². The maximum Gasteiger partial charge on any atom is 0.161 e. The molecule has 1 aliphatic carbocycles. The topological polar surface area (TPSA) is 26.3 Å². The number of ketones is 1. The van der Waals surface area contributed by atoms with Crippen LogP contribution in [0.1, 0.15) is 45.4 Å². The minimum absolute atomic E-state index is 0.294. The molecule has 0 aromatic carbocycles. The van der Waals surface area contributed by atoms with Crippen molar-refractivity contribution in [2.45, 2.75) is 45.4 Å². The van der Waals surface area contributed by atoms with Gasteiger partial charge in [0.15, 0.2) is 5.78 Å². The molecule has 0 aromatic rings. The number of carbonyl (C=O) groups is 1. The summed E-state index contributed by atoms with van der Waals surface area (Å²) >= 11 is 0. The molecular formula is C12H22O2. The molecule has 2 nitrogen and oxygen atoms in total. The van der Waals surface area contributed by atoms with Crippen LogP contribution < -0.4 is 0 Å². The first kappa shape index (κ1) is 11.7. The number of hydrogen-bond acceptors (Lipinski definition) is 2. The molecule has 0 N–H and O–H groups in total. The van der Waals surface area contributed by atoms with Gasteiger partial charge in [-0.2, -0.15) is 0 Å². The quantitative estimate of drug-likeness (QED) is 0.679. The smallest absolute Gasteiger partial charge is 0.161 e. The normalized spacial score (nSPS) is 27.6. The Morgan fingerprint density at radius 2 is 1.93 bits per heavy atom. The Balaban J connectivity index is 2.24. The Morgan fingerprint density at radius 1 is 1.29 bits per heavy atom. The predicted octanol–water partition coefficient (Wildman–Crippen LogP) is 2.81. The van der Waals surface area contributed by atoms with Crippen LogP contribution >= 0.6 is 0 Å². The maximum atomic E-state index is 11.5. The van der Waals surface area contributed by atoms with Gasteiger partial charge in [0.05, 0.1) is 0 Å². The number of carbonyl (C=O) groups excluding carboxylic acids is 1. The first-order valence-electron chi connectivity index (χ1n) is 5.79. The SMILES string of the molecule is CCCC1CCC(C(=O)COC)CC1. The lowest BCUT2D eigenvalue weighted by molar-refractivity contribution is -0.127. The molecule has 0 spiro atoms. The Bertz CT molecular complexity index is 169. The number of rotatable bonds is 5. The zero-order valence-corrected chi connectivity index (χ0v) is 9.42. The fourth-order valence-electron chi connectivity index (χ4n) is 2.44. The Kier molecular flexibility index (Phi) is 5.16. The Labute approximate surface area is 87.0 Å². The van der Waals surface area contributed by atoms with Gasteiger partial charge in [0.25, 0.3) is 0 Å². The lowest BCUT2D eigenvalue weighted by Crippen LogP contribution is -2.24. The van der Waals surface area contributed by atoms with Gasteiger partial charge in [0.1, 0.15) is 6.61 Å². The third-order valence-corrected chi connectivity index (χ3v) is 3.29. The van der Waals surface area contributed by atoms with Crippen molar-refractivity contribution in [3.8, 4) is 0 Å². The van der Waals surface area contributed by atoms with Gasteiger partial charge in [0.2, 0.25) is 0 Å². The highest BCUT2D eigenvalue weighted by molar-refractivity contribution is 5.82. The van der Waals surface area contributed by atoms with Crippen molar-refractivity contribution < 1.29 is 9.53 Å². The summed E-state index contributed by atoms with van der Waals surface area (Å²) in [6.07, 6.45) is 7.29. The average molecular weight is 198 g/mol. The lowest BCUT2D eigenvalue weighted by Gasteiger charge is -2.27. The predicted molar refractivity (Wildman–Crippen MR) is 57.2 cm³/mol. The summed E-state index contributed by atoms with van der Waals surface area (Å²) in [5, 5.41) is 0. The van der Waals surface area contributed by atoms with Gasteiger partial charge >= 0.3 is 0 Å². The van der Waals surface area contributed by atoms with Gasteiger partial charge in [-0.15, -0.1) is 0 Å². The zero-order valence-electron chi connectivity index (χ0n) is 9.42. The van der Waals surface area contributed by atoms with Crippen LogP contribution in [-0.4, -0.2) is 19.5 Å². The fraction of sp³-hybridized carbons (Fsp3) is 0.917. The first-order chi connectivity index (χ1) is 6.77. The van der Waals surface area contributed by atoms with Crippen LogP contribution in [0, 0.1) is 11.8 Å². The summed E-state index contributed by atoms with van der Waals surface area (Å²) in [6, 6.07) is 0. The fourth-order valence-corrected chi connectivity index (χ4v) is 2.44. The van der Waals surface area contributed by atoms with Gasteiger partial charge in [-0.3, -0.25) is 4.79 Å². The van der Waals surface area contributed by atoms with E-state index in [-0.39, 0.29) is 0 Å². The lowest BCUT2D eigenvalue weighted by atomic mass is 9.78. The maximum absolute atomic E-state index is 11.5. The zero-order chi connectivity index (χ0) is 10.4. The Morgan fingerprint density at radius 3 is 2.43 bits per heavy atom. The molecule has 1 aliphatic rings. The molecule has 0 amide bonds. The van der Waals surface area contributed by atoms with E-state index in [9.17, 15) is 4.79 Å². The standard InChI is InChI=1S/C12H22O2/c1-3-4-10-5-7-11(8-6-10)12(13)9-14-2/h10-11H,3-9H2,1-2H3. The summed E-state index contributed by atoms with van der Waals surface area (Å²) in [5.41, 5.74) is 0. The highest BCUT2D eigenvalue weighted by Gasteiger charge is 2.25. The molecule has 1 fully saturated rings. The van der Waals surface area contributed by atoms with Gasteiger partial charge < -0.3 is 4.74 Å². The molecule has 0 atom stereocenters. The monoisotopic (exact) mass is 198 g/mol. The molecule has 0 aliphatic heterocycles. The van der Waals surface area contributed by atoms with E-state index in [4.69, 9.17) is 4.74 Å². The van der Waals surface area contributed by atoms with E-state index in [2.05, 4.69) is 6.92 Å². The van der Waals surface area contributed by atoms with E-state index >= 15 is 0 Å². The van der Waals surface area contributed by atoms with Crippen LogP contribution in [0.5, 0.6) is 0 Å². The highest BCUT2D eigenvalue weighted by atomic mass is 16.5. The van der Waals surface area contributed by atoms with E-state index in [0.29, 0.717) is 18.3 Å². The molecule has 0 aromatic heterocycles. The molecule has 1 saturated carbocycles. The van der Waals surface area contributed by atoms with Crippen LogP contribution in [0.25, 0.3) is 0 Å². The van der Waals surface area contributed by atoms with Crippen LogP contribution in [0.15, 0.2) is 0 Å². The summed E-state index contributed by atoms with van der Waals surface area (Å²) in [7, 11) is 1.60. The summed E-state index contributed by atoms with van der Waals surface area (Å²) in [4.78, 5) is 11.5. The number of methoxy groups -OCH3 is 1. The van der Waals surface area contributed by atoms with Gasteiger partial charge in [-0.1, -0.05) is 19.8 Å². The number of ether oxygens (including phenoxy) is 1. The van der Waals surface area contributed by atoms with Gasteiger partial charge in [-0.25, -0.2) is 0 Å². The van der Waals surface area contributed by atoms with Crippen molar-refractivity contribution in [3.05, 3.63) is 0 Å². The molecular weight excluding hydrogens is 176 g/mol. The second-order valence-corrected chi connectivity index (χ2v) is 4.41. The van der Waals surface area contributed by atoms with E-state index in [1.807, 2.05) is 0 Å². The molecule has 0 saturated heterocycles.